The van der Waals surface area contributed by atoms with Gasteiger partial charge in [0.05, 0.1) is 10.7 Å². The van der Waals surface area contributed by atoms with Gasteiger partial charge >= 0.3 is 0 Å². The first-order valence-corrected chi connectivity index (χ1v) is 8.23. The van der Waals surface area contributed by atoms with Gasteiger partial charge in [0.25, 0.3) is 0 Å². The summed E-state index contributed by atoms with van der Waals surface area (Å²) in [5.74, 6) is 0.159. The minimum Gasteiger partial charge on any atom is -0.355 e. The highest BCUT2D eigenvalue weighted by molar-refractivity contribution is 7.09. The van der Waals surface area contributed by atoms with Crippen molar-refractivity contribution in [2.24, 2.45) is 0 Å². The van der Waals surface area contributed by atoms with Crippen LogP contribution in [-0.4, -0.2) is 55.1 Å². The molecule has 0 unspecified atom stereocenters. The molecule has 0 spiro atoms. The molecule has 0 atom stereocenters. The number of nitrogens with zero attached hydrogens (tertiary/aromatic N) is 2. The van der Waals surface area contributed by atoms with Crippen LogP contribution in [-0.2, 0) is 11.2 Å². The number of thiazole rings is 1. The Kier molecular flexibility index (Phi) is 11.9. The van der Waals surface area contributed by atoms with Gasteiger partial charge in [0.1, 0.15) is 0 Å². The third-order valence-electron chi connectivity index (χ3n) is 3.46. The predicted octanol–water partition coefficient (Wildman–Crippen LogP) is 1.64. The van der Waals surface area contributed by atoms with E-state index in [0.29, 0.717) is 6.42 Å². The zero-order valence-corrected chi connectivity index (χ0v) is 15.4. The minimum atomic E-state index is 0. The number of carbonyl (C=O) groups is 1. The molecule has 1 aliphatic heterocycles. The van der Waals surface area contributed by atoms with Crippen LogP contribution in [0.3, 0.4) is 0 Å². The normalized spacial score (nSPS) is 14.8. The number of amides is 1. The fourth-order valence-electron chi connectivity index (χ4n) is 2.33. The molecule has 1 saturated heterocycles. The van der Waals surface area contributed by atoms with Crippen LogP contribution < -0.4 is 10.6 Å². The Hall–Kier alpha value is -0.400. The van der Waals surface area contributed by atoms with Gasteiger partial charge in [0.15, 0.2) is 0 Å². The smallest absolute Gasteiger partial charge is 0.220 e. The molecule has 1 fully saturated rings. The third-order valence-corrected chi connectivity index (χ3v) is 4.29. The molecule has 2 rings (SSSR count). The lowest BCUT2D eigenvalue weighted by Gasteiger charge is -2.27. The van der Waals surface area contributed by atoms with Crippen LogP contribution in [0.5, 0.6) is 0 Å². The van der Waals surface area contributed by atoms with E-state index in [1.54, 1.807) is 11.3 Å². The van der Waals surface area contributed by atoms with Crippen molar-refractivity contribution in [1.82, 2.24) is 20.5 Å². The summed E-state index contributed by atoms with van der Waals surface area (Å²) in [6, 6.07) is 0. The van der Waals surface area contributed by atoms with Crippen LogP contribution in [0.25, 0.3) is 0 Å². The molecule has 0 radical (unpaired) electrons. The number of hydrogen-bond donors (Lipinski definition) is 2. The van der Waals surface area contributed by atoms with E-state index in [4.69, 9.17) is 0 Å². The highest BCUT2D eigenvalue weighted by Crippen LogP contribution is 2.10. The number of carbonyl (C=O) groups excluding carboxylic acids is 1. The fourth-order valence-corrected chi connectivity index (χ4v) is 2.98. The van der Waals surface area contributed by atoms with E-state index in [1.165, 1.54) is 0 Å². The Morgan fingerprint density at radius 2 is 2.14 bits per heavy atom. The topological polar surface area (TPSA) is 57.3 Å². The van der Waals surface area contributed by atoms with Gasteiger partial charge in [-0.25, -0.2) is 4.98 Å². The Morgan fingerprint density at radius 3 is 2.77 bits per heavy atom. The molecule has 2 N–H and O–H groups in total. The minimum absolute atomic E-state index is 0. The molecule has 0 aliphatic carbocycles. The lowest BCUT2D eigenvalue weighted by molar-refractivity contribution is -0.121. The zero-order valence-electron chi connectivity index (χ0n) is 13.0. The van der Waals surface area contributed by atoms with Gasteiger partial charge < -0.3 is 10.6 Å². The summed E-state index contributed by atoms with van der Waals surface area (Å²) in [5, 5.41) is 9.51. The van der Waals surface area contributed by atoms with Crippen LogP contribution in [0, 0.1) is 6.92 Å². The molecule has 0 saturated carbocycles. The van der Waals surface area contributed by atoms with Crippen molar-refractivity contribution in [3.63, 3.8) is 0 Å². The summed E-state index contributed by atoms with van der Waals surface area (Å²) in [6.07, 6.45) is 2.37. The van der Waals surface area contributed by atoms with Gasteiger partial charge in [-0.05, 0) is 19.8 Å². The first-order valence-electron chi connectivity index (χ1n) is 7.35. The summed E-state index contributed by atoms with van der Waals surface area (Å²) in [7, 11) is 0. The predicted molar refractivity (Wildman–Crippen MR) is 96.6 cm³/mol. The Labute approximate surface area is 149 Å². The van der Waals surface area contributed by atoms with Gasteiger partial charge in [0, 0.05) is 51.1 Å². The number of aryl methyl sites for hydroxylation is 2. The van der Waals surface area contributed by atoms with Crippen LogP contribution in [0.2, 0.25) is 0 Å². The molecule has 1 aliphatic rings. The number of rotatable bonds is 7. The Balaban J connectivity index is 0.00000220. The maximum atomic E-state index is 11.7. The van der Waals surface area contributed by atoms with Crippen LogP contribution in [0.15, 0.2) is 5.38 Å². The summed E-state index contributed by atoms with van der Waals surface area (Å²) >= 11 is 1.67. The second kappa shape index (κ2) is 12.1. The first kappa shape index (κ1) is 21.6. The number of nitrogens with one attached hydrogen (secondary N) is 2. The fraction of sp³-hybridized carbons (Fsp3) is 0.714. The molecule has 0 bridgehead atoms. The highest BCUT2D eigenvalue weighted by Gasteiger charge is 2.09. The van der Waals surface area contributed by atoms with Crippen molar-refractivity contribution >= 4 is 42.1 Å². The van der Waals surface area contributed by atoms with Gasteiger partial charge in [-0.15, -0.1) is 36.2 Å². The number of hydrogen-bond acceptors (Lipinski definition) is 5. The van der Waals surface area contributed by atoms with E-state index in [-0.39, 0.29) is 30.7 Å². The first-order chi connectivity index (χ1) is 9.74. The van der Waals surface area contributed by atoms with E-state index in [0.717, 1.165) is 62.8 Å². The van der Waals surface area contributed by atoms with Crippen molar-refractivity contribution < 1.29 is 4.79 Å². The van der Waals surface area contributed by atoms with Crippen molar-refractivity contribution in [3.8, 4) is 0 Å². The Morgan fingerprint density at radius 1 is 1.41 bits per heavy atom. The molecular weight excluding hydrogens is 343 g/mol. The van der Waals surface area contributed by atoms with Gasteiger partial charge in [0.2, 0.25) is 5.91 Å². The van der Waals surface area contributed by atoms with E-state index in [2.05, 4.69) is 25.9 Å². The summed E-state index contributed by atoms with van der Waals surface area (Å²) in [4.78, 5) is 18.5. The molecule has 0 aromatic carbocycles. The average Bonchev–Trinajstić information content (AvgIpc) is 2.86. The van der Waals surface area contributed by atoms with Gasteiger partial charge in [-0.3, -0.25) is 9.69 Å². The van der Waals surface area contributed by atoms with Crippen LogP contribution >= 0.6 is 36.2 Å². The van der Waals surface area contributed by atoms with Gasteiger partial charge in [-0.2, -0.15) is 0 Å². The SMILES string of the molecule is Cc1nc(CCCC(=O)NCCN2CCNCC2)cs1.Cl.Cl. The molecular formula is C14H26Cl2N4OS. The lowest BCUT2D eigenvalue weighted by Crippen LogP contribution is -2.46. The highest BCUT2D eigenvalue weighted by atomic mass is 35.5. The maximum absolute atomic E-state index is 11.7. The quantitative estimate of drug-likeness (QED) is 0.767. The van der Waals surface area contributed by atoms with Crippen molar-refractivity contribution in [2.45, 2.75) is 26.2 Å². The van der Waals surface area contributed by atoms with Crippen LogP contribution in [0.4, 0.5) is 0 Å². The largest absolute Gasteiger partial charge is 0.355 e. The van der Waals surface area contributed by atoms with E-state index in [1.807, 2.05) is 6.92 Å². The average molecular weight is 369 g/mol. The van der Waals surface area contributed by atoms with Gasteiger partial charge in [-0.1, -0.05) is 0 Å². The molecule has 8 heteroatoms. The van der Waals surface area contributed by atoms with E-state index >= 15 is 0 Å². The summed E-state index contributed by atoms with van der Waals surface area (Å²) in [6.45, 7) is 8.00. The van der Waals surface area contributed by atoms with Crippen LogP contribution in [0.1, 0.15) is 23.5 Å². The number of halogens is 2. The zero-order chi connectivity index (χ0) is 14.2. The molecule has 1 amide bonds. The standard InChI is InChI=1S/C14H24N4OS.2ClH/c1-12-17-13(11-20-12)3-2-4-14(19)16-7-10-18-8-5-15-6-9-18;;/h11,15H,2-10H2,1H3,(H,16,19);2*1H. The summed E-state index contributed by atoms with van der Waals surface area (Å²) < 4.78 is 0. The second-order valence-electron chi connectivity index (χ2n) is 5.15. The van der Waals surface area contributed by atoms with Crippen molar-refractivity contribution in [1.29, 1.82) is 0 Å². The number of piperazine rings is 1. The monoisotopic (exact) mass is 368 g/mol. The van der Waals surface area contributed by atoms with E-state index < -0.39 is 0 Å². The second-order valence-corrected chi connectivity index (χ2v) is 6.22. The summed E-state index contributed by atoms with van der Waals surface area (Å²) in [5.41, 5.74) is 1.11. The maximum Gasteiger partial charge on any atom is 0.220 e. The molecule has 1 aromatic rings. The lowest BCUT2D eigenvalue weighted by atomic mass is 10.2. The molecule has 2 heterocycles. The third kappa shape index (κ3) is 8.29. The van der Waals surface area contributed by atoms with Crippen molar-refractivity contribution in [3.05, 3.63) is 16.1 Å². The van der Waals surface area contributed by atoms with Crippen molar-refractivity contribution in [2.75, 3.05) is 39.3 Å². The molecule has 1 aromatic heterocycles. The number of aromatic nitrogens is 1. The van der Waals surface area contributed by atoms with E-state index in [9.17, 15) is 4.79 Å². The molecule has 128 valence electrons. The Bertz CT molecular complexity index is 425. The molecule has 5 nitrogen and oxygen atoms in total. The molecule has 22 heavy (non-hydrogen) atoms.